The van der Waals surface area contributed by atoms with Crippen LogP contribution >= 0.6 is 0 Å². The Morgan fingerprint density at radius 2 is 1.45 bits per heavy atom. The average Bonchev–Trinajstić information content (AvgIpc) is 2.47. The van der Waals surface area contributed by atoms with Gasteiger partial charge in [-0.1, -0.05) is 76.0 Å². The smallest absolute Gasteiger partial charge is 0.307 e. The number of hydrogen-bond donors (Lipinski definition) is 1. The molecule has 0 aliphatic carbocycles. The van der Waals surface area contributed by atoms with Crippen LogP contribution in [0.2, 0.25) is 0 Å². The largest absolute Gasteiger partial charge is 0.481 e. The zero-order valence-corrected chi connectivity index (χ0v) is 13.8. The third-order valence-corrected chi connectivity index (χ3v) is 3.46. The second-order valence-electron chi connectivity index (χ2n) is 5.67. The molecule has 0 saturated carbocycles. The fraction of sp³-hybridized carbons (Fsp3) is 0.450. The predicted octanol–water partition coefficient (Wildman–Crippen LogP) is 5.72. The number of aliphatic carboxylic acids is 1. The number of unbranched alkanes of at least 4 members (excludes halogenated alkanes) is 4. The summed E-state index contributed by atoms with van der Waals surface area (Å²) in [4.78, 5) is 11.0. The minimum Gasteiger partial charge on any atom is -0.481 e. The number of benzene rings is 1. The lowest BCUT2D eigenvalue weighted by Crippen LogP contribution is -2.00. The highest BCUT2D eigenvalue weighted by molar-refractivity contribution is 5.71. The minimum atomic E-state index is -0.784. The van der Waals surface area contributed by atoms with Gasteiger partial charge in [0.2, 0.25) is 0 Å². The fourth-order valence-electron chi connectivity index (χ4n) is 2.30. The first-order valence-corrected chi connectivity index (χ1v) is 8.34. The van der Waals surface area contributed by atoms with Crippen molar-refractivity contribution in [2.45, 2.75) is 58.8 Å². The van der Waals surface area contributed by atoms with E-state index in [1.807, 2.05) is 12.1 Å². The van der Waals surface area contributed by atoms with Crippen molar-refractivity contribution in [3.05, 3.63) is 47.0 Å². The molecule has 0 spiro atoms. The summed E-state index contributed by atoms with van der Waals surface area (Å²) in [5, 5.41) is 9.00. The lowest BCUT2D eigenvalue weighted by molar-refractivity contribution is -0.136. The van der Waals surface area contributed by atoms with Crippen LogP contribution in [-0.4, -0.2) is 11.1 Å². The van der Waals surface area contributed by atoms with Gasteiger partial charge in [-0.3, -0.25) is 4.79 Å². The van der Waals surface area contributed by atoms with Crippen LogP contribution in [0.3, 0.4) is 0 Å². The number of allylic oxidation sites excluding steroid dienone is 2. The van der Waals surface area contributed by atoms with E-state index < -0.39 is 5.97 Å². The molecule has 0 amide bonds. The van der Waals surface area contributed by atoms with Gasteiger partial charge in [-0.15, -0.1) is 0 Å². The van der Waals surface area contributed by atoms with E-state index in [1.54, 1.807) is 0 Å². The van der Waals surface area contributed by atoms with Crippen molar-refractivity contribution in [2.75, 3.05) is 0 Å². The van der Waals surface area contributed by atoms with Crippen LogP contribution in [0, 0.1) is 0 Å². The molecule has 1 rings (SSSR count). The third-order valence-electron chi connectivity index (χ3n) is 3.46. The van der Waals surface area contributed by atoms with E-state index in [-0.39, 0.29) is 6.42 Å². The van der Waals surface area contributed by atoms with Crippen LogP contribution in [0.25, 0.3) is 12.2 Å². The summed E-state index contributed by atoms with van der Waals surface area (Å²) < 4.78 is 0. The number of hydrogen-bond acceptors (Lipinski definition) is 1. The van der Waals surface area contributed by atoms with Gasteiger partial charge in [-0.05, 0) is 35.6 Å². The molecule has 0 atom stereocenters. The molecule has 1 N–H and O–H groups in total. The second kappa shape index (κ2) is 10.8. The zero-order valence-electron chi connectivity index (χ0n) is 13.8. The first-order chi connectivity index (χ1) is 10.7. The van der Waals surface area contributed by atoms with Crippen molar-refractivity contribution in [3.8, 4) is 0 Å². The zero-order chi connectivity index (χ0) is 16.2. The van der Waals surface area contributed by atoms with Crippen molar-refractivity contribution < 1.29 is 9.90 Å². The molecule has 0 bridgehead atoms. The van der Waals surface area contributed by atoms with Gasteiger partial charge in [0.1, 0.15) is 0 Å². The van der Waals surface area contributed by atoms with Gasteiger partial charge < -0.3 is 5.11 Å². The normalized spacial score (nSPS) is 11.5. The highest BCUT2D eigenvalue weighted by atomic mass is 16.4. The van der Waals surface area contributed by atoms with E-state index in [0.717, 1.165) is 29.5 Å². The Balaban J connectivity index is 2.87. The van der Waals surface area contributed by atoms with Crippen LogP contribution < -0.4 is 0 Å². The third kappa shape index (κ3) is 7.82. The quantitative estimate of drug-likeness (QED) is 0.561. The first kappa shape index (κ1) is 18.2. The molecule has 0 aliphatic heterocycles. The van der Waals surface area contributed by atoms with Crippen molar-refractivity contribution in [3.63, 3.8) is 0 Å². The SMILES string of the molecule is CCCC/C=C/c1cc(/C=C/CCCC)cc(CC(=O)O)c1. The average molecular weight is 300 g/mol. The lowest BCUT2D eigenvalue weighted by atomic mass is 10.0. The second-order valence-corrected chi connectivity index (χ2v) is 5.67. The van der Waals surface area contributed by atoms with Gasteiger partial charge in [0.25, 0.3) is 0 Å². The lowest BCUT2D eigenvalue weighted by Gasteiger charge is -2.04. The molecule has 22 heavy (non-hydrogen) atoms. The maximum Gasteiger partial charge on any atom is 0.307 e. The number of carbonyl (C=O) groups is 1. The summed E-state index contributed by atoms with van der Waals surface area (Å²) in [6, 6.07) is 6.07. The molecule has 0 radical (unpaired) electrons. The molecule has 1 aromatic rings. The molecule has 1 aromatic carbocycles. The van der Waals surface area contributed by atoms with Gasteiger partial charge in [0.05, 0.1) is 6.42 Å². The number of carboxylic acids is 1. The molecule has 0 aromatic heterocycles. The van der Waals surface area contributed by atoms with E-state index in [1.165, 1.54) is 25.7 Å². The highest BCUT2D eigenvalue weighted by Gasteiger charge is 2.03. The molecule has 0 heterocycles. The Hall–Kier alpha value is -1.83. The molecular formula is C20H28O2. The summed E-state index contributed by atoms with van der Waals surface area (Å²) in [6.45, 7) is 4.36. The fourth-order valence-corrected chi connectivity index (χ4v) is 2.30. The van der Waals surface area contributed by atoms with Crippen molar-refractivity contribution in [1.29, 1.82) is 0 Å². The van der Waals surface area contributed by atoms with E-state index in [2.05, 4.69) is 44.2 Å². The van der Waals surface area contributed by atoms with Gasteiger partial charge in [-0.25, -0.2) is 0 Å². The predicted molar refractivity (Wildman–Crippen MR) is 94.9 cm³/mol. The summed E-state index contributed by atoms with van der Waals surface area (Å²) in [6.07, 6.45) is 15.5. The van der Waals surface area contributed by atoms with Gasteiger partial charge in [-0.2, -0.15) is 0 Å². The highest BCUT2D eigenvalue weighted by Crippen LogP contribution is 2.15. The Morgan fingerprint density at radius 3 is 1.86 bits per heavy atom. The Bertz CT molecular complexity index is 476. The summed E-state index contributed by atoms with van der Waals surface area (Å²) in [5.41, 5.74) is 3.04. The maximum absolute atomic E-state index is 11.0. The molecule has 0 unspecified atom stereocenters. The van der Waals surface area contributed by atoms with E-state index in [0.29, 0.717) is 0 Å². The standard InChI is InChI=1S/C20H28O2/c1-3-5-7-9-11-17-13-18(12-10-8-6-4-2)15-19(14-17)16-20(21)22/h9-15H,3-8,16H2,1-2H3,(H,21,22)/b11-9+,12-10+. The molecule has 120 valence electrons. The van der Waals surface area contributed by atoms with E-state index >= 15 is 0 Å². The Morgan fingerprint density at radius 1 is 0.955 bits per heavy atom. The van der Waals surface area contributed by atoms with Crippen LogP contribution in [0.5, 0.6) is 0 Å². The summed E-state index contributed by atoms with van der Waals surface area (Å²) in [7, 11) is 0. The summed E-state index contributed by atoms with van der Waals surface area (Å²) >= 11 is 0. The van der Waals surface area contributed by atoms with E-state index in [9.17, 15) is 4.79 Å². The van der Waals surface area contributed by atoms with Gasteiger partial charge in [0, 0.05) is 0 Å². The van der Waals surface area contributed by atoms with Crippen LogP contribution in [0.15, 0.2) is 30.4 Å². The maximum atomic E-state index is 11.0. The number of carboxylic acid groups (broad SMARTS) is 1. The van der Waals surface area contributed by atoms with Gasteiger partial charge >= 0.3 is 5.97 Å². The van der Waals surface area contributed by atoms with Gasteiger partial charge in [0.15, 0.2) is 0 Å². The molecule has 0 aliphatic rings. The Labute approximate surface area is 134 Å². The molecule has 2 heteroatoms. The van der Waals surface area contributed by atoms with Crippen LogP contribution in [-0.2, 0) is 11.2 Å². The Kier molecular flexibility index (Phi) is 8.97. The molecule has 0 saturated heterocycles. The topological polar surface area (TPSA) is 37.3 Å². The first-order valence-electron chi connectivity index (χ1n) is 8.34. The molecule has 2 nitrogen and oxygen atoms in total. The molecular weight excluding hydrogens is 272 g/mol. The van der Waals surface area contributed by atoms with Crippen molar-refractivity contribution >= 4 is 18.1 Å². The molecule has 0 fully saturated rings. The van der Waals surface area contributed by atoms with Crippen LogP contribution in [0.4, 0.5) is 0 Å². The monoisotopic (exact) mass is 300 g/mol. The minimum absolute atomic E-state index is 0.0758. The number of rotatable bonds is 10. The van der Waals surface area contributed by atoms with E-state index in [4.69, 9.17) is 5.11 Å². The van der Waals surface area contributed by atoms with Crippen molar-refractivity contribution in [2.24, 2.45) is 0 Å². The summed E-state index contributed by atoms with van der Waals surface area (Å²) in [5.74, 6) is -0.784. The van der Waals surface area contributed by atoms with Crippen molar-refractivity contribution in [1.82, 2.24) is 0 Å². The van der Waals surface area contributed by atoms with Crippen LogP contribution in [0.1, 0.15) is 69.1 Å².